The molecule has 0 saturated heterocycles. The molecule has 0 saturated carbocycles. The standard InChI is InChI=1S/C15H23O2P/c1-3-5-11-18(17,12-6-4-2)15-9-7-14(13-16)8-10-15/h7-10,13H,3-6,11-12H2,1-2H3. The lowest BCUT2D eigenvalue weighted by Crippen LogP contribution is -2.11. The van der Waals surface area contributed by atoms with E-state index in [4.69, 9.17) is 0 Å². The predicted octanol–water partition coefficient (Wildman–Crippen LogP) is 4.09. The Kier molecular flexibility index (Phi) is 6.35. The molecule has 100 valence electrons. The molecular formula is C15H23O2P. The number of hydrogen-bond donors (Lipinski definition) is 0. The molecule has 0 fully saturated rings. The molecule has 0 aliphatic rings. The zero-order valence-electron chi connectivity index (χ0n) is 11.4. The molecular weight excluding hydrogens is 243 g/mol. The molecule has 18 heavy (non-hydrogen) atoms. The minimum atomic E-state index is -2.25. The van der Waals surface area contributed by atoms with Crippen LogP contribution in [-0.4, -0.2) is 18.6 Å². The fraction of sp³-hybridized carbons (Fsp3) is 0.533. The van der Waals surface area contributed by atoms with Crippen LogP contribution >= 0.6 is 7.14 Å². The van der Waals surface area contributed by atoms with Crippen molar-refractivity contribution in [2.24, 2.45) is 0 Å². The first-order valence-electron chi connectivity index (χ1n) is 6.80. The second-order valence-electron chi connectivity index (χ2n) is 4.75. The Labute approximate surface area is 110 Å². The van der Waals surface area contributed by atoms with Crippen LogP contribution in [0.25, 0.3) is 0 Å². The maximum Gasteiger partial charge on any atom is 0.150 e. The highest BCUT2D eigenvalue weighted by atomic mass is 31.2. The summed E-state index contributed by atoms with van der Waals surface area (Å²) in [6.07, 6.45) is 6.58. The zero-order chi connectivity index (χ0) is 13.4. The lowest BCUT2D eigenvalue weighted by atomic mass is 10.2. The van der Waals surface area contributed by atoms with Crippen molar-refractivity contribution < 1.29 is 9.36 Å². The number of unbranched alkanes of at least 4 members (excludes halogenated alkanes) is 2. The van der Waals surface area contributed by atoms with E-state index in [1.807, 2.05) is 12.1 Å². The Morgan fingerprint density at radius 3 is 1.89 bits per heavy atom. The van der Waals surface area contributed by atoms with Crippen molar-refractivity contribution in [2.45, 2.75) is 39.5 Å². The second kappa shape index (κ2) is 7.53. The first kappa shape index (κ1) is 15.2. The number of carbonyl (C=O) groups is 1. The number of benzene rings is 1. The van der Waals surface area contributed by atoms with E-state index in [-0.39, 0.29) is 0 Å². The topological polar surface area (TPSA) is 34.1 Å². The average molecular weight is 266 g/mol. The molecule has 3 heteroatoms. The van der Waals surface area contributed by atoms with Gasteiger partial charge >= 0.3 is 0 Å². The fourth-order valence-corrected chi connectivity index (χ4v) is 5.11. The SMILES string of the molecule is CCCCP(=O)(CCCC)c1ccc(C=O)cc1. The third-order valence-corrected chi connectivity index (χ3v) is 6.56. The van der Waals surface area contributed by atoms with Crippen LogP contribution in [0.3, 0.4) is 0 Å². The molecule has 2 nitrogen and oxygen atoms in total. The summed E-state index contributed by atoms with van der Waals surface area (Å²) in [5.41, 5.74) is 0.649. The molecule has 1 rings (SSSR count). The number of carbonyl (C=O) groups excluding carboxylic acids is 1. The van der Waals surface area contributed by atoms with Crippen molar-refractivity contribution in [3.8, 4) is 0 Å². The van der Waals surface area contributed by atoms with Crippen molar-refractivity contribution in [1.82, 2.24) is 0 Å². The largest absolute Gasteiger partial charge is 0.319 e. The van der Waals surface area contributed by atoms with Gasteiger partial charge in [0.05, 0.1) is 0 Å². The van der Waals surface area contributed by atoms with Crippen LogP contribution in [0, 0.1) is 0 Å². The quantitative estimate of drug-likeness (QED) is 0.524. The van der Waals surface area contributed by atoms with Gasteiger partial charge in [-0.3, -0.25) is 4.79 Å². The molecule has 1 aromatic rings. The molecule has 0 aliphatic heterocycles. The minimum Gasteiger partial charge on any atom is -0.319 e. The minimum absolute atomic E-state index is 0.649. The predicted molar refractivity (Wildman–Crippen MR) is 78.6 cm³/mol. The average Bonchev–Trinajstić information content (AvgIpc) is 2.43. The summed E-state index contributed by atoms with van der Waals surface area (Å²) >= 11 is 0. The Morgan fingerprint density at radius 1 is 1.00 bits per heavy atom. The molecule has 1 aromatic carbocycles. The van der Waals surface area contributed by atoms with E-state index in [1.165, 1.54) is 0 Å². The molecule has 0 bridgehead atoms. The van der Waals surface area contributed by atoms with Crippen molar-refractivity contribution in [1.29, 1.82) is 0 Å². The zero-order valence-corrected chi connectivity index (χ0v) is 12.3. The fourth-order valence-electron chi connectivity index (χ4n) is 2.02. The van der Waals surface area contributed by atoms with Crippen molar-refractivity contribution in [3.63, 3.8) is 0 Å². The molecule has 0 heterocycles. The maximum absolute atomic E-state index is 13.0. The lowest BCUT2D eigenvalue weighted by molar-refractivity contribution is 0.112. The van der Waals surface area contributed by atoms with E-state index in [1.54, 1.807) is 12.1 Å². The van der Waals surface area contributed by atoms with Gasteiger partial charge in [-0.05, 0) is 12.8 Å². The van der Waals surface area contributed by atoms with Crippen LogP contribution in [0.1, 0.15) is 49.9 Å². The summed E-state index contributed by atoms with van der Waals surface area (Å²) in [5.74, 6) is 0. The third kappa shape index (κ3) is 4.10. The molecule has 0 atom stereocenters. The Morgan fingerprint density at radius 2 is 1.50 bits per heavy atom. The summed E-state index contributed by atoms with van der Waals surface area (Å²) in [4.78, 5) is 10.6. The summed E-state index contributed by atoms with van der Waals surface area (Å²) in [5, 5.41) is 0.940. The van der Waals surface area contributed by atoms with Gasteiger partial charge in [0.15, 0.2) is 0 Å². The van der Waals surface area contributed by atoms with Gasteiger partial charge in [-0.25, -0.2) is 0 Å². The number of hydrogen-bond acceptors (Lipinski definition) is 2. The number of rotatable bonds is 8. The first-order chi connectivity index (χ1) is 8.66. The second-order valence-corrected chi connectivity index (χ2v) is 7.94. The van der Waals surface area contributed by atoms with Gasteiger partial charge in [0.1, 0.15) is 13.4 Å². The molecule has 0 amide bonds. The first-order valence-corrected chi connectivity index (χ1v) is 8.88. The van der Waals surface area contributed by atoms with Crippen LogP contribution in [0.5, 0.6) is 0 Å². The van der Waals surface area contributed by atoms with Crippen molar-refractivity contribution in [2.75, 3.05) is 12.3 Å². The van der Waals surface area contributed by atoms with Crippen molar-refractivity contribution >= 4 is 18.7 Å². The van der Waals surface area contributed by atoms with E-state index in [0.717, 1.165) is 49.6 Å². The molecule has 0 radical (unpaired) electrons. The van der Waals surface area contributed by atoms with Crippen LogP contribution in [0.15, 0.2) is 24.3 Å². The van der Waals surface area contributed by atoms with Gasteiger partial charge in [-0.2, -0.15) is 0 Å². The van der Waals surface area contributed by atoms with E-state index in [0.29, 0.717) is 5.56 Å². The van der Waals surface area contributed by atoms with E-state index in [9.17, 15) is 9.36 Å². The summed E-state index contributed by atoms with van der Waals surface area (Å²) in [6.45, 7) is 4.25. The monoisotopic (exact) mass is 266 g/mol. The van der Waals surface area contributed by atoms with E-state index in [2.05, 4.69) is 13.8 Å². The Balaban J connectivity index is 2.92. The summed E-state index contributed by atoms with van der Waals surface area (Å²) in [6, 6.07) is 7.28. The van der Waals surface area contributed by atoms with Crippen LogP contribution in [0.4, 0.5) is 0 Å². The summed E-state index contributed by atoms with van der Waals surface area (Å²) in [7, 11) is -2.25. The maximum atomic E-state index is 13.0. The molecule has 0 aromatic heterocycles. The molecule has 0 unspecified atom stereocenters. The smallest absolute Gasteiger partial charge is 0.150 e. The van der Waals surface area contributed by atoms with Crippen LogP contribution in [0.2, 0.25) is 0 Å². The highest BCUT2D eigenvalue weighted by Crippen LogP contribution is 2.46. The third-order valence-electron chi connectivity index (χ3n) is 3.25. The van der Waals surface area contributed by atoms with Gasteiger partial charge in [0, 0.05) is 23.2 Å². The van der Waals surface area contributed by atoms with Crippen LogP contribution < -0.4 is 5.30 Å². The van der Waals surface area contributed by atoms with Gasteiger partial charge in [-0.15, -0.1) is 0 Å². The lowest BCUT2D eigenvalue weighted by Gasteiger charge is -2.18. The Hall–Kier alpha value is -0.880. The highest BCUT2D eigenvalue weighted by Gasteiger charge is 2.23. The van der Waals surface area contributed by atoms with Gasteiger partial charge in [0.2, 0.25) is 0 Å². The van der Waals surface area contributed by atoms with Gasteiger partial charge < -0.3 is 4.57 Å². The Bertz CT molecular complexity index is 397. The molecule has 0 spiro atoms. The molecule has 0 N–H and O–H groups in total. The van der Waals surface area contributed by atoms with Gasteiger partial charge in [-0.1, -0.05) is 51.0 Å². The normalized spacial score (nSPS) is 11.4. The van der Waals surface area contributed by atoms with E-state index < -0.39 is 7.14 Å². The van der Waals surface area contributed by atoms with Gasteiger partial charge in [0.25, 0.3) is 0 Å². The van der Waals surface area contributed by atoms with E-state index >= 15 is 0 Å². The number of aldehydes is 1. The summed E-state index contributed by atoms with van der Waals surface area (Å²) < 4.78 is 13.0. The highest BCUT2D eigenvalue weighted by molar-refractivity contribution is 7.71. The van der Waals surface area contributed by atoms with Crippen LogP contribution in [-0.2, 0) is 4.57 Å². The molecule has 0 aliphatic carbocycles. The van der Waals surface area contributed by atoms with Crippen molar-refractivity contribution in [3.05, 3.63) is 29.8 Å².